The Morgan fingerprint density at radius 2 is 2.14 bits per heavy atom. The summed E-state index contributed by atoms with van der Waals surface area (Å²) < 4.78 is 18.8. The number of benzene rings is 1. The van der Waals surface area contributed by atoms with Gasteiger partial charge in [0.15, 0.2) is 0 Å². The third kappa shape index (κ3) is 3.14. The van der Waals surface area contributed by atoms with Gasteiger partial charge in [0, 0.05) is 12.0 Å². The van der Waals surface area contributed by atoms with Crippen molar-refractivity contribution in [2.75, 3.05) is 25.5 Å². The van der Waals surface area contributed by atoms with E-state index in [0.717, 1.165) is 32.4 Å². The van der Waals surface area contributed by atoms with E-state index >= 15 is 0 Å². The average molecular weight is 315 g/mol. The number of halogens is 2. The second kappa shape index (κ2) is 6.20. The first kappa shape index (κ1) is 16.0. The van der Waals surface area contributed by atoms with Crippen LogP contribution >= 0.6 is 12.4 Å². The van der Waals surface area contributed by atoms with Crippen molar-refractivity contribution < 1.29 is 13.9 Å². The quantitative estimate of drug-likeness (QED) is 0.901. The van der Waals surface area contributed by atoms with Crippen LogP contribution in [0.1, 0.15) is 19.3 Å². The molecule has 1 spiro atoms. The highest BCUT2D eigenvalue weighted by atomic mass is 35.5. The summed E-state index contributed by atoms with van der Waals surface area (Å²) >= 11 is 0. The average Bonchev–Trinajstić information content (AvgIpc) is 3.15. The fourth-order valence-electron chi connectivity index (χ4n) is 3.14. The third-order valence-corrected chi connectivity index (χ3v) is 4.54. The first-order chi connectivity index (χ1) is 9.64. The Hall–Kier alpha value is -1.33. The highest BCUT2D eigenvalue weighted by Crippen LogP contribution is 2.58. The van der Waals surface area contributed by atoms with E-state index in [1.54, 1.807) is 0 Å². The molecule has 1 aromatic carbocycles. The smallest absolute Gasteiger partial charge is 0.228 e. The van der Waals surface area contributed by atoms with E-state index in [9.17, 15) is 9.18 Å². The molecule has 1 unspecified atom stereocenters. The number of ether oxygens (including phenoxy) is 1. The van der Waals surface area contributed by atoms with Gasteiger partial charge < -0.3 is 15.4 Å². The molecule has 2 N–H and O–H groups in total. The largest absolute Gasteiger partial charge is 0.497 e. The summed E-state index contributed by atoms with van der Waals surface area (Å²) in [6.07, 6.45) is 2.99. The number of amides is 1. The molecule has 2 aliphatic rings. The summed E-state index contributed by atoms with van der Waals surface area (Å²) in [5, 5.41) is 6.01. The van der Waals surface area contributed by atoms with Crippen LogP contribution in [0.25, 0.3) is 0 Å². The topological polar surface area (TPSA) is 50.4 Å². The van der Waals surface area contributed by atoms with Crippen LogP contribution in [0, 0.1) is 17.2 Å². The Labute approximate surface area is 129 Å². The van der Waals surface area contributed by atoms with E-state index in [1.165, 1.54) is 25.3 Å². The van der Waals surface area contributed by atoms with Crippen molar-refractivity contribution in [1.82, 2.24) is 5.32 Å². The molecule has 1 aliphatic carbocycles. The van der Waals surface area contributed by atoms with Crippen molar-refractivity contribution in [2.45, 2.75) is 19.3 Å². The molecule has 0 aromatic heterocycles. The molecule has 1 atom stereocenters. The van der Waals surface area contributed by atoms with E-state index < -0.39 is 5.82 Å². The van der Waals surface area contributed by atoms with Crippen LogP contribution in [0.5, 0.6) is 5.75 Å². The molecular formula is C15H20ClFN2O2. The Morgan fingerprint density at radius 3 is 2.81 bits per heavy atom. The van der Waals surface area contributed by atoms with Crippen LogP contribution in [-0.2, 0) is 4.79 Å². The van der Waals surface area contributed by atoms with Crippen molar-refractivity contribution in [3.8, 4) is 5.75 Å². The summed E-state index contributed by atoms with van der Waals surface area (Å²) in [6.45, 7) is 1.94. The Morgan fingerprint density at radius 1 is 1.43 bits per heavy atom. The maximum atomic E-state index is 13.7. The summed E-state index contributed by atoms with van der Waals surface area (Å²) in [5.74, 6) is 0.0579. The summed E-state index contributed by atoms with van der Waals surface area (Å²) in [4.78, 5) is 12.3. The molecule has 6 heteroatoms. The van der Waals surface area contributed by atoms with E-state index in [2.05, 4.69) is 10.6 Å². The molecule has 21 heavy (non-hydrogen) atoms. The van der Waals surface area contributed by atoms with Gasteiger partial charge in [0.1, 0.15) is 11.6 Å². The minimum absolute atomic E-state index is 0. The molecule has 1 aromatic rings. The van der Waals surface area contributed by atoms with E-state index in [4.69, 9.17) is 4.74 Å². The van der Waals surface area contributed by atoms with Gasteiger partial charge in [0.05, 0.1) is 12.8 Å². The monoisotopic (exact) mass is 314 g/mol. The third-order valence-electron chi connectivity index (χ3n) is 4.54. The standard InChI is InChI=1S/C15H19FN2O2.ClH/c1-20-10-2-3-12(16)13(8-10)18-14(19)11-9-15(11)4-6-17-7-5-15;/h2-3,8,11,17H,4-7,9H2,1H3,(H,18,19);1H. The van der Waals surface area contributed by atoms with E-state index in [0.29, 0.717) is 5.75 Å². The molecule has 1 aliphatic heterocycles. The lowest BCUT2D eigenvalue weighted by Crippen LogP contribution is -2.31. The second-order valence-electron chi connectivity index (χ2n) is 5.70. The molecule has 3 rings (SSSR count). The fraction of sp³-hybridized carbons (Fsp3) is 0.533. The van der Waals surface area contributed by atoms with Crippen molar-refractivity contribution in [3.63, 3.8) is 0 Å². The van der Waals surface area contributed by atoms with Crippen LogP contribution in [-0.4, -0.2) is 26.1 Å². The van der Waals surface area contributed by atoms with Gasteiger partial charge in [-0.1, -0.05) is 0 Å². The molecule has 0 radical (unpaired) electrons. The normalized spacial score (nSPS) is 22.3. The van der Waals surface area contributed by atoms with Gasteiger partial charge in [-0.25, -0.2) is 4.39 Å². The molecule has 0 bridgehead atoms. The van der Waals surface area contributed by atoms with Crippen molar-refractivity contribution in [2.24, 2.45) is 11.3 Å². The highest BCUT2D eigenvalue weighted by molar-refractivity contribution is 5.95. The molecule has 1 saturated heterocycles. The lowest BCUT2D eigenvalue weighted by molar-refractivity contribution is -0.118. The summed E-state index contributed by atoms with van der Waals surface area (Å²) in [7, 11) is 1.52. The van der Waals surface area contributed by atoms with Crippen molar-refractivity contribution in [1.29, 1.82) is 0 Å². The highest BCUT2D eigenvalue weighted by Gasteiger charge is 2.57. The lowest BCUT2D eigenvalue weighted by Gasteiger charge is -2.23. The molecule has 1 saturated carbocycles. The molecule has 1 heterocycles. The number of carbonyl (C=O) groups is 1. The molecule has 1 amide bonds. The maximum Gasteiger partial charge on any atom is 0.228 e. The van der Waals surface area contributed by atoms with E-state index in [-0.39, 0.29) is 35.3 Å². The van der Waals surface area contributed by atoms with Gasteiger partial charge in [-0.2, -0.15) is 0 Å². The Bertz CT molecular complexity index is 532. The molecular weight excluding hydrogens is 295 g/mol. The van der Waals surface area contributed by atoms with Crippen molar-refractivity contribution in [3.05, 3.63) is 24.0 Å². The zero-order valence-electron chi connectivity index (χ0n) is 11.9. The van der Waals surface area contributed by atoms with Gasteiger partial charge in [-0.3, -0.25) is 4.79 Å². The number of methoxy groups -OCH3 is 1. The minimum atomic E-state index is -0.431. The zero-order chi connectivity index (χ0) is 14.2. The number of rotatable bonds is 3. The van der Waals surface area contributed by atoms with Gasteiger partial charge in [0.25, 0.3) is 0 Å². The SMILES string of the molecule is COc1ccc(F)c(NC(=O)C2CC23CCNCC3)c1.Cl. The summed E-state index contributed by atoms with van der Waals surface area (Å²) in [5.41, 5.74) is 0.357. The van der Waals surface area contributed by atoms with E-state index in [1.807, 2.05) is 0 Å². The number of nitrogens with one attached hydrogen (secondary N) is 2. The van der Waals surface area contributed by atoms with Crippen LogP contribution < -0.4 is 15.4 Å². The predicted octanol–water partition coefficient (Wildman–Crippen LogP) is 2.58. The Kier molecular flexibility index (Phi) is 4.74. The van der Waals surface area contributed by atoms with Crippen LogP contribution in [0.2, 0.25) is 0 Å². The van der Waals surface area contributed by atoms with Gasteiger partial charge in [0.2, 0.25) is 5.91 Å². The number of hydrogen-bond acceptors (Lipinski definition) is 3. The van der Waals surface area contributed by atoms with Gasteiger partial charge in [-0.15, -0.1) is 12.4 Å². The number of piperidine rings is 1. The first-order valence-electron chi connectivity index (χ1n) is 7.00. The van der Waals surface area contributed by atoms with Crippen LogP contribution in [0.4, 0.5) is 10.1 Å². The molecule has 2 fully saturated rings. The Balaban J connectivity index is 0.00000161. The minimum Gasteiger partial charge on any atom is -0.497 e. The second-order valence-corrected chi connectivity index (χ2v) is 5.70. The summed E-state index contributed by atoms with van der Waals surface area (Å²) in [6, 6.07) is 4.36. The maximum absolute atomic E-state index is 13.7. The number of anilines is 1. The fourth-order valence-corrected chi connectivity index (χ4v) is 3.14. The predicted molar refractivity (Wildman–Crippen MR) is 81.5 cm³/mol. The zero-order valence-corrected chi connectivity index (χ0v) is 12.8. The van der Waals surface area contributed by atoms with Crippen molar-refractivity contribution >= 4 is 24.0 Å². The van der Waals surface area contributed by atoms with Gasteiger partial charge in [-0.05, 0) is 49.9 Å². The lowest BCUT2D eigenvalue weighted by atomic mass is 9.92. The van der Waals surface area contributed by atoms with Crippen LogP contribution in [0.3, 0.4) is 0 Å². The van der Waals surface area contributed by atoms with Crippen LogP contribution in [0.15, 0.2) is 18.2 Å². The number of hydrogen-bond donors (Lipinski definition) is 2. The number of carbonyl (C=O) groups excluding carboxylic acids is 1. The molecule has 116 valence electrons. The van der Waals surface area contributed by atoms with Gasteiger partial charge >= 0.3 is 0 Å². The molecule has 4 nitrogen and oxygen atoms in total. The first-order valence-corrected chi connectivity index (χ1v) is 7.00.